The van der Waals surface area contributed by atoms with Crippen molar-refractivity contribution in [2.24, 2.45) is 5.92 Å². The number of rotatable bonds is 12. The van der Waals surface area contributed by atoms with Crippen molar-refractivity contribution in [3.8, 4) is 11.5 Å². The van der Waals surface area contributed by atoms with Crippen LogP contribution in [0.25, 0.3) is 0 Å². The molecule has 1 aliphatic heterocycles. The van der Waals surface area contributed by atoms with Crippen LogP contribution in [0.3, 0.4) is 0 Å². The lowest BCUT2D eigenvalue weighted by Gasteiger charge is -2.43. The molecule has 1 heterocycles. The van der Waals surface area contributed by atoms with E-state index in [1.807, 2.05) is 61.3 Å². The smallest absolute Gasteiger partial charge is 0.317 e. The van der Waals surface area contributed by atoms with E-state index in [9.17, 15) is 9.90 Å². The predicted octanol–water partition coefficient (Wildman–Crippen LogP) is 5.17. The number of hydrogen-bond donors (Lipinski definition) is 3. The maximum Gasteiger partial charge on any atom is 0.317 e. The van der Waals surface area contributed by atoms with Crippen LogP contribution in [0, 0.1) is 5.92 Å². The van der Waals surface area contributed by atoms with E-state index >= 15 is 0 Å². The van der Waals surface area contributed by atoms with Crippen LogP contribution in [0.4, 0.5) is 4.79 Å². The van der Waals surface area contributed by atoms with Gasteiger partial charge >= 0.3 is 6.03 Å². The van der Waals surface area contributed by atoms with Crippen LogP contribution in [0.1, 0.15) is 44.6 Å². The second-order valence-corrected chi connectivity index (χ2v) is 10.1. The molecule has 0 bridgehead atoms. The number of carbonyl (C=O) groups excluding carboxylic acids is 1. The second kappa shape index (κ2) is 13.8. The van der Waals surface area contributed by atoms with Gasteiger partial charge in [-0.3, -0.25) is 0 Å². The average molecular weight is 518 g/mol. The first kappa shape index (κ1) is 28.3. The number of benzene rings is 2. The molecule has 0 saturated carbocycles. The summed E-state index contributed by atoms with van der Waals surface area (Å²) in [6.07, 6.45) is 3.72. The highest BCUT2D eigenvalue weighted by molar-refractivity contribution is 6.30. The number of aliphatic hydroxyl groups is 1. The van der Waals surface area contributed by atoms with E-state index in [0.29, 0.717) is 54.7 Å². The van der Waals surface area contributed by atoms with E-state index in [1.54, 1.807) is 13.2 Å². The summed E-state index contributed by atoms with van der Waals surface area (Å²) in [5.74, 6) is 1.09. The topological polar surface area (TPSA) is 83.1 Å². The standard InChI is InChI=1S/C28H40ClN3O4/c1-21(19-30-2)31-27(33)32-16-9-10-22(20-32)28(34,15-7-8-17-35-3)25-18-23(29)13-14-26(25)36-24-11-5-4-6-12-24/h4-6,11-14,18,21-22,30,34H,7-10,15-17,19-20H2,1-3H3,(H,31,33)/t21-,22+,28-/m0/s1. The molecule has 1 saturated heterocycles. The number of urea groups is 1. The highest BCUT2D eigenvalue weighted by Gasteiger charge is 2.43. The summed E-state index contributed by atoms with van der Waals surface area (Å²) in [4.78, 5) is 14.8. The molecular formula is C28H40ClN3O4. The maximum atomic E-state index is 13.0. The number of amides is 2. The normalized spacial score (nSPS) is 18.4. The Morgan fingerprint density at radius 1 is 1.25 bits per heavy atom. The lowest BCUT2D eigenvalue weighted by Crippen LogP contribution is -2.53. The van der Waals surface area contributed by atoms with Gasteiger partial charge < -0.3 is 30.1 Å². The Labute approximate surface area is 220 Å². The molecule has 2 amide bonds. The number of methoxy groups -OCH3 is 1. The van der Waals surface area contributed by atoms with Gasteiger partial charge in [-0.2, -0.15) is 0 Å². The van der Waals surface area contributed by atoms with Crippen LogP contribution in [0.15, 0.2) is 48.5 Å². The van der Waals surface area contributed by atoms with Gasteiger partial charge in [0.25, 0.3) is 0 Å². The third-order valence-corrected chi connectivity index (χ3v) is 7.03. The molecule has 2 aromatic carbocycles. The number of carbonyl (C=O) groups is 1. The Balaban J connectivity index is 1.91. The van der Waals surface area contributed by atoms with Crippen LogP contribution in [-0.2, 0) is 10.3 Å². The van der Waals surface area contributed by atoms with E-state index in [-0.39, 0.29) is 18.0 Å². The molecule has 3 N–H and O–H groups in total. The van der Waals surface area contributed by atoms with Crippen molar-refractivity contribution < 1.29 is 19.4 Å². The minimum atomic E-state index is -1.22. The number of piperidine rings is 1. The molecule has 3 atom stereocenters. The van der Waals surface area contributed by atoms with E-state index < -0.39 is 5.60 Å². The molecule has 0 spiro atoms. The Hall–Kier alpha value is -2.32. The Kier molecular flexibility index (Phi) is 10.9. The molecule has 3 rings (SSSR count). The van der Waals surface area contributed by atoms with Crippen LogP contribution < -0.4 is 15.4 Å². The van der Waals surface area contributed by atoms with Crippen LogP contribution in [0.2, 0.25) is 5.02 Å². The molecule has 7 nitrogen and oxygen atoms in total. The second-order valence-electron chi connectivity index (χ2n) is 9.62. The van der Waals surface area contributed by atoms with Gasteiger partial charge in [0.2, 0.25) is 0 Å². The van der Waals surface area contributed by atoms with Crippen LogP contribution in [-0.4, -0.2) is 62.5 Å². The monoisotopic (exact) mass is 517 g/mol. The summed E-state index contributed by atoms with van der Waals surface area (Å²) in [5, 5.41) is 19.1. The maximum absolute atomic E-state index is 13.0. The Bertz CT molecular complexity index is 961. The molecule has 1 aliphatic rings. The van der Waals surface area contributed by atoms with Crippen molar-refractivity contribution in [3.05, 3.63) is 59.1 Å². The highest BCUT2D eigenvalue weighted by Crippen LogP contribution is 2.45. The summed E-state index contributed by atoms with van der Waals surface area (Å²) >= 11 is 6.45. The van der Waals surface area contributed by atoms with Crippen molar-refractivity contribution in [1.29, 1.82) is 0 Å². The fourth-order valence-corrected chi connectivity index (χ4v) is 5.13. The number of unbranched alkanes of at least 4 members (excludes halogenated alkanes) is 1. The minimum Gasteiger partial charge on any atom is -0.457 e. The fraction of sp³-hybridized carbons (Fsp3) is 0.536. The number of nitrogens with zero attached hydrogens (tertiary/aromatic N) is 1. The average Bonchev–Trinajstić information content (AvgIpc) is 2.88. The molecule has 0 radical (unpaired) electrons. The third-order valence-electron chi connectivity index (χ3n) is 6.80. The Morgan fingerprint density at radius 2 is 2.03 bits per heavy atom. The summed E-state index contributed by atoms with van der Waals surface area (Å²) in [6.45, 7) is 4.41. The lowest BCUT2D eigenvalue weighted by molar-refractivity contribution is -0.0574. The summed E-state index contributed by atoms with van der Waals surface area (Å²) in [7, 11) is 3.55. The molecule has 0 aliphatic carbocycles. The molecule has 8 heteroatoms. The molecule has 0 aromatic heterocycles. The number of likely N-dealkylation sites (tertiary alicyclic amines) is 1. The van der Waals surface area contributed by atoms with Gasteiger partial charge in [0.05, 0.1) is 5.60 Å². The van der Waals surface area contributed by atoms with E-state index in [4.69, 9.17) is 21.1 Å². The molecule has 1 fully saturated rings. The number of likely N-dealkylation sites (N-methyl/N-ethyl adjacent to an activating group) is 1. The number of ether oxygens (including phenoxy) is 2. The van der Waals surface area contributed by atoms with Gasteiger partial charge in [-0.05, 0) is 76.4 Å². The van der Waals surface area contributed by atoms with Gasteiger partial charge in [-0.1, -0.05) is 29.8 Å². The molecule has 36 heavy (non-hydrogen) atoms. The first-order chi connectivity index (χ1) is 17.4. The van der Waals surface area contributed by atoms with Crippen LogP contribution in [0.5, 0.6) is 11.5 Å². The van der Waals surface area contributed by atoms with Gasteiger partial charge in [-0.15, -0.1) is 0 Å². The van der Waals surface area contributed by atoms with Gasteiger partial charge in [0.1, 0.15) is 11.5 Å². The number of nitrogens with one attached hydrogen (secondary N) is 2. The molecule has 2 aromatic rings. The first-order valence-electron chi connectivity index (χ1n) is 12.8. The predicted molar refractivity (Wildman–Crippen MR) is 144 cm³/mol. The number of para-hydroxylation sites is 1. The number of hydrogen-bond acceptors (Lipinski definition) is 5. The van der Waals surface area contributed by atoms with Gasteiger partial charge in [0.15, 0.2) is 0 Å². The van der Waals surface area contributed by atoms with Crippen molar-refractivity contribution in [2.45, 2.75) is 50.7 Å². The first-order valence-corrected chi connectivity index (χ1v) is 13.2. The van der Waals surface area contributed by atoms with Gasteiger partial charge in [-0.25, -0.2) is 4.79 Å². The van der Waals surface area contributed by atoms with Crippen molar-refractivity contribution in [2.75, 3.05) is 40.4 Å². The quantitative estimate of drug-likeness (QED) is 0.338. The zero-order valence-corrected chi connectivity index (χ0v) is 22.4. The zero-order chi connectivity index (χ0) is 26.0. The fourth-order valence-electron chi connectivity index (χ4n) is 4.96. The SMILES string of the molecule is CNC[C@H](C)NC(=O)N1CCC[C@@H]([C@@](O)(CCCCOC)c2cc(Cl)ccc2Oc2ccccc2)C1. The molecule has 0 unspecified atom stereocenters. The summed E-state index contributed by atoms with van der Waals surface area (Å²) in [5.41, 5.74) is -0.565. The Morgan fingerprint density at radius 3 is 2.75 bits per heavy atom. The highest BCUT2D eigenvalue weighted by atomic mass is 35.5. The lowest BCUT2D eigenvalue weighted by atomic mass is 9.73. The van der Waals surface area contributed by atoms with E-state index in [0.717, 1.165) is 25.7 Å². The summed E-state index contributed by atoms with van der Waals surface area (Å²) < 4.78 is 11.5. The van der Waals surface area contributed by atoms with Crippen molar-refractivity contribution >= 4 is 17.6 Å². The zero-order valence-electron chi connectivity index (χ0n) is 21.6. The number of halogens is 1. The largest absolute Gasteiger partial charge is 0.457 e. The summed E-state index contributed by atoms with van der Waals surface area (Å²) in [6, 6.07) is 14.8. The molecular weight excluding hydrogens is 478 g/mol. The molecule has 198 valence electrons. The minimum absolute atomic E-state index is 0.00890. The third kappa shape index (κ3) is 7.59. The van der Waals surface area contributed by atoms with Crippen LogP contribution >= 0.6 is 11.6 Å². The van der Waals surface area contributed by atoms with E-state index in [2.05, 4.69) is 10.6 Å². The van der Waals surface area contributed by atoms with Crippen molar-refractivity contribution in [3.63, 3.8) is 0 Å². The van der Waals surface area contributed by atoms with Gasteiger partial charge in [0, 0.05) is 55.9 Å². The van der Waals surface area contributed by atoms with Crippen molar-refractivity contribution in [1.82, 2.24) is 15.5 Å². The van der Waals surface area contributed by atoms with E-state index in [1.165, 1.54) is 0 Å².